The molecule has 4 heteroatoms. The second kappa shape index (κ2) is 18.0. The minimum Gasteiger partial charge on any atom is -1.00 e. The first-order valence-corrected chi connectivity index (χ1v) is 11.9. The number of nitrogens with zero attached hydrogens (tertiary/aromatic N) is 1. The van der Waals surface area contributed by atoms with Crippen LogP contribution in [0.3, 0.4) is 0 Å². The van der Waals surface area contributed by atoms with Gasteiger partial charge >= 0.3 is 5.97 Å². The molecule has 30 heavy (non-hydrogen) atoms. The van der Waals surface area contributed by atoms with E-state index in [1.807, 2.05) is 6.92 Å². The zero-order valence-corrected chi connectivity index (χ0v) is 22.5. The fourth-order valence-electron chi connectivity index (χ4n) is 3.59. The molecule has 0 heterocycles. The van der Waals surface area contributed by atoms with E-state index in [-0.39, 0.29) is 23.0 Å². The molecule has 0 aromatic carbocycles. The number of quaternary nitrogens is 1. The highest BCUT2D eigenvalue weighted by atomic mass is 79.9. The molecule has 0 aliphatic carbocycles. The summed E-state index contributed by atoms with van der Waals surface area (Å²) in [7, 11) is 4.26. The molecule has 0 rings (SSSR count). The maximum Gasteiger partial charge on any atom is 0.362 e. The maximum absolute atomic E-state index is 12.5. The Morgan fingerprint density at radius 1 is 0.967 bits per heavy atom. The predicted molar refractivity (Wildman–Crippen MR) is 127 cm³/mol. The van der Waals surface area contributed by atoms with Crippen LogP contribution in [0.15, 0.2) is 24.3 Å². The highest BCUT2D eigenvalue weighted by Gasteiger charge is 2.28. The summed E-state index contributed by atoms with van der Waals surface area (Å²) in [4.78, 5) is 12.5. The van der Waals surface area contributed by atoms with E-state index in [2.05, 4.69) is 47.5 Å². The van der Waals surface area contributed by atoms with Crippen molar-refractivity contribution < 1.29 is 31.0 Å². The molecule has 0 saturated carbocycles. The van der Waals surface area contributed by atoms with Gasteiger partial charge in [-0.15, -0.1) is 0 Å². The maximum atomic E-state index is 12.5. The summed E-state index contributed by atoms with van der Waals surface area (Å²) in [5, 5.41) is 0. The monoisotopic (exact) mass is 487 g/mol. The van der Waals surface area contributed by atoms with Crippen LogP contribution >= 0.6 is 0 Å². The summed E-state index contributed by atoms with van der Waals surface area (Å²) in [5.74, 6) is -0.123. The van der Waals surface area contributed by atoms with Crippen molar-refractivity contribution in [1.82, 2.24) is 0 Å². The van der Waals surface area contributed by atoms with Crippen molar-refractivity contribution in [3.05, 3.63) is 24.3 Å². The lowest BCUT2D eigenvalue weighted by molar-refractivity contribution is -0.883. The molecule has 0 N–H and O–H groups in total. The summed E-state index contributed by atoms with van der Waals surface area (Å²) in [6.45, 7) is 13.7. The molecule has 0 aliphatic heterocycles. The van der Waals surface area contributed by atoms with E-state index in [1.54, 1.807) is 6.08 Å². The zero-order valence-electron chi connectivity index (χ0n) is 20.9. The van der Waals surface area contributed by atoms with Crippen LogP contribution in [0.5, 0.6) is 0 Å². The fourth-order valence-corrected chi connectivity index (χ4v) is 3.59. The summed E-state index contributed by atoms with van der Waals surface area (Å²) in [6.07, 6.45) is 19.0. The van der Waals surface area contributed by atoms with Gasteiger partial charge in [-0.3, -0.25) is 0 Å². The smallest absolute Gasteiger partial charge is 0.362 e. The molecule has 0 fully saturated rings. The molecular formula is C26H50BrNO2. The van der Waals surface area contributed by atoms with Crippen LogP contribution in [0.2, 0.25) is 0 Å². The molecule has 178 valence electrons. The number of likely N-dealkylation sites (N-methyl/N-ethyl adjacent to an activating group) is 1. The van der Waals surface area contributed by atoms with E-state index in [0.717, 1.165) is 19.4 Å². The third-order valence-electron chi connectivity index (χ3n) is 5.65. The van der Waals surface area contributed by atoms with Crippen LogP contribution in [0.25, 0.3) is 0 Å². The molecule has 0 amide bonds. The second-order valence-corrected chi connectivity index (χ2v) is 9.81. The molecule has 0 aromatic rings. The van der Waals surface area contributed by atoms with Gasteiger partial charge in [0.05, 0.1) is 20.6 Å². The van der Waals surface area contributed by atoms with Crippen molar-refractivity contribution in [2.75, 3.05) is 27.2 Å². The summed E-state index contributed by atoms with van der Waals surface area (Å²) >= 11 is 0. The predicted octanol–water partition coefficient (Wildman–Crippen LogP) is 4.22. The lowest BCUT2D eigenvalue weighted by Gasteiger charge is -2.31. The first kappa shape index (κ1) is 31.6. The number of ether oxygens (including phenoxy) is 1. The quantitative estimate of drug-likeness (QED) is 0.125. The normalized spacial score (nSPS) is 13.1. The number of rotatable bonds is 18. The van der Waals surface area contributed by atoms with E-state index in [0.29, 0.717) is 11.0 Å². The van der Waals surface area contributed by atoms with Gasteiger partial charge in [0.25, 0.3) is 0 Å². The van der Waals surface area contributed by atoms with Crippen LogP contribution in [-0.4, -0.2) is 43.2 Å². The number of hydrogen-bond donors (Lipinski definition) is 0. The molecule has 0 saturated heterocycles. The lowest BCUT2D eigenvalue weighted by Crippen LogP contribution is -3.00. The van der Waals surface area contributed by atoms with Crippen LogP contribution < -0.4 is 17.0 Å². The second-order valence-electron chi connectivity index (χ2n) is 9.81. The van der Waals surface area contributed by atoms with E-state index in [1.165, 1.54) is 69.8 Å². The summed E-state index contributed by atoms with van der Waals surface area (Å²) < 4.78 is 6.49. The van der Waals surface area contributed by atoms with E-state index in [9.17, 15) is 4.79 Å². The highest BCUT2D eigenvalue weighted by molar-refractivity contribution is 5.71. The Balaban J connectivity index is 0. The lowest BCUT2D eigenvalue weighted by atomic mass is 9.99. The third-order valence-corrected chi connectivity index (χ3v) is 5.65. The van der Waals surface area contributed by atoms with E-state index >= 15 is 0 Å². The van der Waals surface area contributed by atoms with Crippen molar-refractivity contribution in [1.29, 1.82) is 0 Å². The van der Waals surface area contributed by atoms with Crippen LogP contribution in [-0.2, 0) is 9.53 Å². The van der Waals surface area contributed by atoms with Gasteiger partial charge in [0.2, 0.25) is 0 Å². The van der Waals surface area contributed by atoms with Crippen molar-refractivity contribution in [3.8, 4) is 0 Å². The first-order valence-electron chi connectivity index (χ1n) is 11.9. The number of carbonyl (C=O) groups is 1. The van der Waals surface area contributed by atoms with E-state index in [4.69, 9.17) is 4.74 Å². The van der Waals surface area contributed by atoms with Gasteiger partial charge in [-0.2, -0.15) is 0 Å². The van der Waals surface area contributed by atoms with Gasteiger partial charge < -0.3 is 26.2 Å². The average Bonchev–Trinajstić information content (AvgIpc) is 2.62. The van der Waals surface area contributed by atoms with Gasteiger partial charge in [-0.1, -0.05) is 76.5 Å². The fraction of sp³-hybridized carbons (Fsp3) is 0.808. The number of carbonyl (C=O) groups excluding carboxylic acids is 1. The molecule has 1 atom stereocenters. The summed E-state index contributed by atoms with van der Waals surface area (Å²) in [6, 6.07) is 0. The SMILES string of the molecule is C=CC(C)(CCC=C(C)C)OC(=O)C[N+](C)(C)CCCCCCCCCCCC.[Br-]. The van der Waals surface area contributed by atoms with Crippen LogP contribution in [0, 0.1) is 0 Å². The van der Waals surface area contributed by atoms with Gasteiger partial charge in [-0.05, 0) is 52.5 Å². The largest absolute Gasteiger partial charge is 1.00 e. The number of unbranched alkanes of at least 4 members (excludes halogenated alkanes) is 9. The number of hydrogen-bond acceptors (Lipinski definition) is 2. The Hall–Kier alpha value is -0.610. The summed E-state index contributed by atoms with van der Waals surface area (Å²) in [5.41, 5.74) is 0.706. The molecule has 0 radical (unpaired) electrons. The third kappa shape index (κ3) is 18.2. The van der Waals surface area contributed by atoms with Crippen molar-refractivity contribution in [2.24, 2.45) is 0 Å². The standard InChI is InChI=1S/C26H50NO2.BrH/c1-8-10-11-12-13-14-15-16-17-18-22-27(6,7)23-25(28)29-26(5,9-2)21-19-20-24(3)4;/h9,20H,2,8,10-19,21-23H2,1,3-7H3;1H/q+1;/p-1. The van der Waals surface area contributed by atoms with Crippen molar-refractivity contribution in [3.63, 3.8) is 0 Å². The molecule has 0 bridgehead atoms. The Kier molecular flexibility index (Phi) is 19.0. The van der Waals surface area contributed by atoms with E-state index < -0.39 is 5.60 Å². The Bertz CT molecular complexity index is 483. The number of halogens is 1. The Labute approximate surface area is 198 Å². The number of esters is 1. The van der Waals surface area contributed by atoms with Crippen LogP contribution in [0.1, 0.15) is 105 Å². The topological polar surface area (TPSA) is 26.3 Å². The minimum atomic E-state index is -0.583. The first-order chi connectivity index (χ1) is 13.6. The van der Waals surface area contributed by atoms with Crippen LogP contribution in [0.4, 0.5) is 0 Å². The molecule has 1 unspecified atom stereocenters. The van der Waals surface area contributed by atoms with Gasteiger partial charge in [0.1, 0.15) is 5.60 Å². The molecular weight excluding hydrogens is 438 g/mol. The molecule has 0 aromatic heterocycles. The number of allylic oxidation sites excluding steroid dienone is 2. The van der Waals surface area contributed by atoms with Crippen molar-refractivity contribution >= 4 is 5.97 Å². The van der Waals surface area contributed by atoms with Gasteiger partial charge in [-0.25, -0.2) is 4.79 Å². The highest BCUT2D eigenvalue weighted by Crippen LogP contribution is 2.21. The zero-order chi connectivity index (χ0) is 22.2. The van der Waals surface area contributed by atoms with Gasteiger partial charge in [0.15, 0.2) is 6.54 Å². The molecule has 3 nitrogen and oxygen atoms in total. The Morgan fingerprint density at radius 3 is 1.93 bits per heavy atom. The van der Waals surface area contributed by atoms with Crippen molar-refractivity contribution in [2.45, 2.75) is 110 Å². The Morgan fingerprint density at radius 2 is 1.47 bits per heavy atom. The van der Waals surface area contributed by atoms with Gasteiger partial charge in [0, 0.05) is 0 Å². The molecule has 0 spiro atoms. The minimum absolute atomic E-state index is 0. The average molecular weight is 489 g/mol. The molecule has 0 aliphatic rings.